The van der Waals surface area contributed by atoms with E-state index in [1.54, 1.807) is 11.8 Å². The summed E-state index contributed by atoms with van der Waals surface area (Å²) in [6.45, 7) is 0. The van der Waals surface area contributed by atoms with E-state index in [-0.39, 0.29) is 0 Å². The molecule has 0 saturated heterocycles. The van der Waals surface area contributed by atoms with Crippen molar-refractivity contribution in [2.75, 3.05) is 20.4 Å². The average Bonchev–Trinajstić information content (AvgIpc) is 2.53. The molecule has 0 amide bonds. The lowest BCUT2D eigenvalue weighted by molar-refractivity contribution is 0.637. The second-order valence-corrected chi connectivity index (χ2v) is 5.40. The van der Waals surface area contributed by atoms with Crippen LogP contribution in [-0.2, 0) is 0 Å². The molecule has 0 aliphatic carbocycles. The van der Waals surface area contributed by atoms with E-state index in [2.05, 4.69) is 4.99 Å². The lowest BCUT2D eigenvalue weighted by Gasteiger charge is -2.13. The van der Waals surface area contributed by atoms with Crippen LogP contribution in [-0.4, -0.2) is 36.3 Å². The van der Waals surface area contributed by atoms with Crippen molar-refractivity contribution < 1.29 is 0 Å². The Hall–Kier alpha value is -2.07. The molecule has 3 nitrogen and oxygen atoms in total. The largest absolute Gasteiger partial charge is 0.357 e. The molecule has 2 aromatic rings. The molecule has 0 bridgehead atoms. The Balaban J connectivity index is 2.48. The van der Waals surface area contributed by atoms with Gasteiger partial charge in [-0.05, 0) is 18.4 Å². The molecule has 21 heavy (non-hydrogen) atoms. The van der Waals surface area contributed by atoms with E-state index in [0.29, 0.717) is 0 Å². The highest BCUT2D eigenvalue weighted by atomic mass is 32.2. The Kier molecular flexibility index (Phi) is 5.58. The van der Waals surface area contributed by atoms with Crippen molar-refractivity contribution in [1.29, 1.82) is 0 Å². The molecular weight excluding hydrogens is 278 g/mol. The Labute approximate surface area is 130 Å². The average molecular weight is 297 g/mol. The van der Waals surface area contributed by atoms with Crippen molar-refractivity contribution in [1.82, 2.24) is 4.90 Å². The second kappa shape index (κ2) is 7.64. The summed E-state index contributed by atoms with van der Waals surface area (Å²) in [5, 5.41) is 0.925. The molecule has 0 fully saturated rings. The monoisotopic (exact) mass is 297 g/mol. The van der Waals surface area contributed by atoms with E-state index in [0.717, 1.165) is 22.3 Å². The third kappa shape index (κ3) is 4.46. The van der Waals surface area contributed by atoms with Crippen LogP contribution in [0.5, 0.6) is 0 Å². The first kappa shape index (κ1) is 15.3. The van der Waals surface area contributed by atoms with Crippen molar-refractivity contribution in [3.63, 3.8) is 0 Å². The molecule has 4 heteroatoms. The van der Waals surface area contributed by atoms with Crippen LogP contribution in [0.2, 0.25) is 0 Å². The summed E-state index contributed by atoms with van der Waals surface area (Å²) in [7, 11) is 3.97. The molecule has 0 aliphatic rings. The first-order valence-corrected chi connectivity index (χ1v) is 7.92. The van der Waals surface area contributed by atoms with E-state index in [1.807, 2.05) is 85.9 Å². The fourth-order valence-electron chi connectivity index (χ4n) is 1.78. The summed E-state index contributed by atoms with van der Waals surface area (Å²) in [6, 6.07) is 19.9. The molecule has 2 aromatic carbocycles. The zero-order valence-corrected chi connectivity index (χ0v) is 13.3. The number of hydrogen-bond donors (Lipinski definition) is 0. The summed E-state index contributed by atoms with van der Waals surface area (Å²) in [6.07, 6.45) is 2.02. The lowest BCUT2D eigenvalue weighted by atomic mass is 10.2. The summed E-state index contributed by atoms with van der Waals surface area (Å²) < 4.78 is 0. The van der Waals surface area contributed by atoms with Crippen LogP contribution in [0.1, 0.15) is 5.56 Å². The van der Waals surface area contributed by atoms with E-state index in [4.69, 9.17) is 4.99 Å². The minimum atomic E-state index is 0.722. The first-order valence-electron chi connectivity index (χ1n) is 6.70. The van der Waals surface area contributed by atoms with Crippen LogP contribution in [0.15, 0.2) is 70.6 Å². The van der Waals surface area contributed by atoms with E-state index in [1.165, 1.54) is 0 Å². The highest BCUT2D eigenvalue weighted by Crippen LogP contribution is 2.15. The van der Waals surface area contributed by atoms with Gasteiger partial charge < -0.3 is 4.90 Å². The number of hydrogen-bond acceptors (Lipinski definition) is 2. The minimum absolute atomic E-state index is 0.722. The van der Waals surface area contributed by atoms with Gasteiger partial charge in [-0.3, -0.25) is 0 Å². The maximum atomic E-state index is 4.72. The first-order chi connectivity index (χ1) is 10.2. The van der Waals surface area contributed by atoms with Gasteiger partial charge in [0.05, 0.1) is 5.69 Å². The lowest BCUT2D eigenvalue weighted by Crippen LogP contribution is -2.20. The molecular formula is C17H19N3S. The van der Waals surface area contributed by atoms with E-state index < -0.39 is 0 Å². The summed E-state index contributed by atoms with van der Waals surface area (Å²) >= 11 is 1.61. The Morgan fingerprint density at radius 1 is 0.905 bits per heavy atom. The number of nitrogens with zero attached hydrogens (tertiary/aromatic N) is 3. The van der Waals surface area contributed by atoms with Gasteiger partial charge in [0.1, 0.15) is 0 Å². The standard InChI is InChI=1S/C17H19N3S/c1-20(2)17(21-3)19-16(14-10-6-4-7-11-14)18-15-12-8-5-9-13-15/h4-13H,1-3H3. The van der Waals surface area contributed by atoms with Gasteiger partial charge in [0.2, 0.25) is 0 Å². The molecule has 0 N–H and O–H groups in total. The Morgan fingerprint density at radius 2 is 1.48 bits per heavy atom. The zero-order valence-electron chi connectivity index (χ0n) is 12.5. The van der Waals surface area contributed by atoms with Gasteiger partial charge in [-0.2, -0.15) is 0 Å². The SMILES string of the molecule is CSC(=NC(=Nc1ccccc1)c1ccccc1)N(C)C. The third-order valence-electron chi connectivity index (χ3n) is 2.79. The Bertz CT molecular complexity index is 619. The fraction of sp³-hybridized carbons (Fsp3) is 0.176. The van der Waals surface area contributed by atoms with Gasteiger partial charge in [-0.15, -0.1) is 0 Å². The van der Waals surface area contributed by atoms with Gasteiger partial charge in [0, 0.05) is 19.7 Å². The van der Waals surface area contributed by atoms with Crippen LogP contribution in [0.25, 0.3) is 0 Å². The smallest absolute Gasteiger partial charge is 0.165 e. The van der Waals surface area contributed by atoms with E-state index in [9.17, 15) is 0 Å². The highest BCUT2D eigenvalue weighted by Gasteiger charge is 2.06. The Morgan fingerprint density at radius 3 is 2.00 bits per heavy atom. The molecule has 0 heterocycles. The highest BCUT2D eigenvalue weighted by molar-refractivity contribution is 8.13. The number of benzene rings is 2. The normalized spacial score (nSPS) is 12.3. The van der Waals surface area contributed by atoms with Crippen LogP contribution in [0.4, 0.5) is 5.69 Å². The topological polar surface area (TPSA) is 28.0 Å². The number of amidine groups is 2. The van der Waals surface area contributed by atoms with Crippen molar-refractivity contribution in [3.05, 3.63) is 66.2 Å². The van der Waals surface area contributed by atoms with Gasteiger partial charge in [-0.25, -0.2) is 9.98 Å². The number of aliphatic imine (C=N–C) groups is 2. The molecule has 0 aliphatic heterocycles. The van der Waals surface area contributed by atoms with Crippen molar-refractivity contribution in [2.24, 2.45) is 9.98 Å². The van der Waals surface area contributed by atoms with Gasteiger partial charge >= 0.3 is 0 Å². The predicted octanol–water partition coefficient (Wildman–Crippen LogP) is 4.05. The molecule has 0 atom stereocenters. The van der Waals surface area contributed by atoms with Gasteiger partial charge in [0.25, 0.3) is 0 Å². The third-order valence-corrected chi connectivity index (χ3v) is 3.61. The number of thioether (sulfide) groups is 1. The molecule has 0 aromatic heterocycles. The quantitative estimate of drug-likeness (QED) is 0.618. The van der Waals surface area contributed by atoms with Crippen LogP contribution >= 0.6 is 11.8 Å². The van der Waals surface area contributed by atoms with Gasteiger partial charge in [-0.1, -0.05) is 60.3 Å². The molecule has 0 spiro atoms. The number of para-hydroxylation sites is 1. The molecule has 2 rings (SSSR count). The zero-order chi connectivity index (χ0) is 15.1. The summed E-state index contributed by atoms with van der Waals surface area (Å²) in [5.41, 5.74) is 1.91. The summed E-state index contributed by atoms with van der Waals surface area (Å²) in [5.74, 6) is 0.722. The van der Waals surface area contributed by atoms with Crippen molar-refractivity contribution in [3.8, 4) is 0 Å². The minimum Gasteiger partial charge on any atom is -0.357 e. The predicted molar refractivity (Wildman–Crippen MR) is 93.7 cm³/mol. The summed E-state index contributed by atoms with van der Waals surface area (Å²) in [4.78, 5) is 11.4. The molecule has 108 valence electrons. The van der Waals surface area contributed by atoms with Crippen LogP contribution in [0.3, 0.4) is 0 Å². The van der Waals surface area contributed by atoms with Crippen molar-refractivity contribution >= 4 is 28.5 Å². The second-order valence-electron chi connectivity index (χ2n) is 4.63. The number of rotatable bonds is 2. The molecule has 0 radical (unpaired) electrons. The maximum absolute atomic E-state index is 4.72. The van der Waals surface area contributed by atoms with E-state index >= 15 is 0 Å². The molecule has 0 unspecified atom stereocenters. The fourth-order valence-corrected chi connectivity index (χ4v) is 2.33. The van der Waals surface area contributed by atoms with Crippen LogP contribution in [0, 0.1) is 0 Å². The van der Waals surface area contributed by atoms with Crippen LogP contribution < -0.4 is 0 Å². The molecule has 0 saturated carbocycles. The van der Waals surface area contributed by atoms with Crippen molar-refractivity contribution in [2.45, 2.75) is 0 Å². The van der Waals surface area contributed by atoms with Gasteiger partial charge in [0.15, 0.2) is 11.0 Å². The maximum Gasteiger partial charge on any atom is 0.165 e.